The van der Waals surface area contributed by atoms with Crippen LogP contribution in [0.15, 0.2) is 42.5 Å². The van der Waals surface area contributed by atoms with Crippen molar-refractivity contribution in [1.82, 2.24) is 10.2 Å². The summed E-state index contributed by atoms with van der Waals surface area (Å²) in [4.78, 5) is 27.9. The number of carbonyl (C=O) groups is 2. The first-order chi connectivity index (χ1) is 18.2. The van der Waals surface area contributed by atoms with Crippen LogP contribution in [0.1, 0.15) is 38.7 Å². The van der Waals surface area contributed by atoms with Crippen molar-refractivity contribution in [3.8, 4) is 17.2 Å². The number of fused-ring (bicyclic) bond motifs is 1. The Hall–Kier alpha value is -3.47. The number of hydrogen-bond donors (Lipinski definition) is 1. The SMILES string of the molecule is CCNC(=O)[C@H](CC)N(Cc1cccc(OC)c1)C(=O)CCCN(c1ccc2c(c1)OCCO2)S(C)(=O)=O. The number of carbonyl (C=O) groups excluding carboxylic acids is 2. The molecule has 0 aliphatic carbocycles. The van der Waals surface area contributed by atoms with Crippen molar-refractivity contribution < 1.29 is 32.2 Å². The second-order valence-corrected chi connectivity index (χ2v) is 10.9. The van der Waals surface area contributed by atoms with Gasteiger partial charge in [-0.15, -0.1) is 0 Å². The zero-order valence-corrected chi connectivity index (χ0v) is 23.3. The third-order valence-corrected chi connectivity index (χ3v) is 7.38. The number of ether oxygens (including phenoxy) is 3. The van der Waals surface area contributed by atoms with Gasteiger partial charge in [-0.05, 0) is 49.6 Å². The first-order valence-electron chi connectivity index (χ1n) is 12.7. The van der Waals surface area contributed by atoms with E-state index in [0.717, 1.165) is 11.8 Å². The number of amides is 2. The minimum absolute atomic E-state index is 0.0659. The molecule has 2 aromatic carbocycles. The Kier molecular flexibility index (Phi) is 10.2. The molecule has 2 aromatic rings. The van der Waals surface area contributed by atoms with Gasteiger partial charge in [0.25, 0.3) is 0 Å². The highest BCUT2D eigenvalue weighted by molar-refractivity contribution is 7.92. The van der Waals surface area contributed by atoms with Gasteiger partial charge in [0, 0.05) is 32.1 Å². The molecule has 208 valence electrons. The van der Waals surface area contributed by atoms with Gasteiger partial charge in [-0.3, -0.25) is 13.9 Å². The fourth-order valence-electron chi connectivity index (χ4n) is 4.37. The van der Waals surface area contributed by atoms with Crippen LogP contribution in [0.25, 0.3) is 0 Å². The molecular weight excluding hydrogens is 510 g/mol. The Labute approximate surface area is 224 Å². The van der Waals surface area contributed by atoms with Crippen molar-refractivity contribution >= 4 is 27.5 Å². The van der Waals surface area contributed by atoms with E-state index in [-0.39, 0.29) is 37.7 Å². The van der Waals surface area contributed by atoms with Crippen LogP contribution < -0.4 is 23.8 Å². The topological polar surface area (TPSA) is 114 Å². The first kappa shape index (κ1) is 29.1. The summed E-state index contributed by atoms with van der Waals surface area (Å²) in [7, 11) is -2.06. The number of likely N-dealkylation sites (N-methyl/N-ethyl adjacent to an activating group) is 1. The van der Waals surface area contributed by atoms with Crippen molar-refractivity contribution in [3.63, 3.8) is 0 Å². The lowest BCUT2D eigenvalue weighted by Gasteiger charge is -2.31. The highest BCUT2D eigenvalue weighted by Crippen LogP contribution is 2.34. The van der Waals surface area contributed by atoms with Crippen LogP contribution in [-0.2, 0) is 26.2 Å². The van der Waals surface area contributed by atoms with Gasteiger partial charge in [-0.25, -0.2) is 8.42 Å². The van der Waals surface area contributed by atoms with Crippen molar-refractivity contribution in [3.05, 3.63) is 48.0 Å². The zero-order chi connectivity index (χ0) is 27.7. The second kappa shape index (κ2) is 13.4. The largest absolute Gasteiger partial charge is 0.497 e. The Morgan fingerprint density at radius 1 is 1.08 bits per heavy atom. The van der Waals surface area contributed by atoms with Gasteiger partial charge in [-0.2, -0.15) is 0 Å². The van der Waals surface area contributed by atoms with Gasteiger partial charge in [-0.1, -0.05) is 19.1 Å². The van der Waals surface area contributed by atoms with E-state index in [9.17, 15) is 18.0 Å². The quantitative estimate of drug-likeness (QED) is 0.410. The monoisotopic (exact) mass is 547 g/mol. The Balaban J connectivity index is 1.77. The average Bonchev–Trinajstić information content (AvgIpc) is 2.90. The third kappa shape index (κ3) is 7.53. The summed E-state index contributed by atoms with van der Waals surface area (Å²) in [5.74, 6) is 1.24. The number of rotatable bonds is 13. The summed E-state index contributed by atoms with van der Waals surface area (Å²) in [6, 6.07) is 11.7. The molecule has 1 aliphatic rings. The van der Waals surface area contributed by atoms with E-state index in [1.165, 1.54) is 4.31 Å². The van der Waals surface area contributed by atoms with Gasteiger partial charge in [0.1, 0.15) is 25.0 Å². The van der Waals surface area contributed by atoms with Gasteiger partial charge >= 0.3 is 0 Å². The van der Waals surface area contributed by atoms with Gasteiger partial charge < -0.3 is 24.4 Å². The lowest BCUT2D eigenvalue weighted by molar-refractivity contribution is -0.141. The molecule has 0 unspecified atom stereocenters. The number of anilines is 1. The molecule has 10 nitrogen and oxygen atoms in total. The molecule has 0 saturated heterocycles. The number of nitrogens with zero attached hydrogens (tertiary/aromatic N) is 2. The minimum atomic E-state index is -3.63. The maximum atomic E-state index is 13.5. The maximum Gasteiger partial charge on any atom is 0.242 e. The van der Waals surface area contributed by atoms with Crippen LogP contribution in [0.3, 0.4) is 0 Å². The standard InChI is InChI=1S/C27H37N3O7S/c1-5-23(27(32)28-6-2)29(19-20-9-7-10-22(17-20)35-3)26(31)11-8-14-30(38(4,33)34)21-12-13-24-25(18-21)37-16-15-36-24/h7,9-10,12-13,17-18,23H,5-6,8,11,14-16,19H2,1-4H3,(H,28,32)/t23-/m0/s1. The van der Waals surface area contributed by atoms with E-state index >= 15 is 0 Å². The van der Waals surface area contributed by atoms with Gasteiger partial charge in [0.05, 0.1) is 19.1 Å². The third-order valence-electron chi connectivity index (χ3n) is 6.19. The van der Waals surface area contributed by atoms with E-state index in [1.54, 1.807) is 30.2 Å². The predicted octanol–water partition coefficient (Wildman–Crippen LogP) is 2.96. The number of hydrogen-bond acceptors (Lipinski definition) is 7. The van der Waals surface area contributed by atoms with Crippen molar-refractivity contribution in [2.24, 2.45) is 0 Å². The molecule has 0 bridgehead atoms. The molecule has 0 saturated carbocycles. The van der Waals surface area contributed by atoms with Crippen LogP contribution in [0.2, 0.25) is 0 Å². The fraction of sp³-hybridized carbons (Fsp3) is 0.481. The van der Waals surface area contributed by atoms with E-state index in [0.29, 0.717) is 49.1 Å². The summed E-state index contributed by atoms with van der Waals surface area (Å²) in [6.45, 7) is 5.28. The van der Waals surface area contributed by atoms with Crippen molar-refractivity contribution in [1.29, 1.82) is 0 Å². The van der Waals surface area contributed by atoms with Crippen LogP contribution in [0.5, 0.6) is 17.2 Å². The normalized spacial score (nSPS) is 13.4. The first-order valence-corrected chi connectivity index (χ1v) is 14.6. The molecular formula is C27H37N3O7S. The lowest BCUT2D eigenvalue weighted by Crippen LogP contribution is -2.49. The minimum Gasteiger partial charge on any atom is -0.497 e. The van der Waals surface area contributed by atoms with Crippen LogP contribution in [0, 0.1) is 0 Å². The van der Waals surface area contributed by atoms with Crippen LogP contribution >= 0.6 is 0 Å². The van der Waals surface area contributed by atoms with Crippen molar-refractivity contribution in [2.45, 2.75) is 45.7 Å². The lowest BCUT2D eigenvalue weighted by atomic mass is 10.1. The number of methoxy groups -OCH3 is 1. The van der Waals surface area contributed by atoms with Crippen LogP contribution in [-0.4, -0.2) is 70.8 Å². The molecule has 1 N–H and O–H groups in total. The zero-order valence-electron chi connectivity index (χ0n) is 22.4. The summed E-state index contributed by atoms with van der Waals surface area (Å²) in [6.07, 6.45) is 1.90. The van der Waals surface area contributed by atoms with Crippen molar-refractivity contribution in [2.75, 3.05) is 44.0 Å². The summed E-state index contributed by atoms with van der Waals surface area (Å²) in [5, 5.41) is 2.81. The van der Waals surface area contributed by atoms with E-state index in [1.807, 2.05) is 38.1 Å². The molecule has 1 heterocycles. The molecule has 1 atom stereocenters. The van der Waals surface area contributed by atoms with Crippen LogP contribution in [0.4, 0.5) is 5.69 Å². The fourth-order valence-corrected chi connectivity index (χ4v) is 5.33. The Bertz CT molecular complexity index is 1220. The smallest absolute Gasteiger partial charge is 0.242 e. The van der Waals surface area contributed by atoms with Gasteiger partial charge in [0.2, 0.25) is 21.8 Å². The average molecular weight is 548 g/mol. The predicted molar refractivity (Wildman–Crippen MR) is 145 cm³/mol. The Morgan fingerprint density at radius 2 is 1.82 bits per heavy atom. The second-order valence-electron chi connectivity index (χ2n) is 8.96. The van der Waals surface area contributed by atoms with E-state index in [2.05, 4.69) is 5.32 Å². The molecule has 0 fully saturated rings. The Morgan fingerprint density at radius 3 is 2.47 bits per heavy atom. The van der Waals surface area contributed by atoms with E-state index < -0.39 is 16.1 Å². The highest BCUT2D eigenvalue weighted by Gasteiger charge is 2.29. The summed E-state index contributed by atoms with van der Waals surface area (Å²) in [5.41, 5.74) is 1.26. The molecule has 0 radical (unpaired) electrons. The van der Waals surface area contributed by atoms with Gasteiger partial charge in [0.15, 0.2) is 11.5 Å². The molecule has 0 aromatic heterocycles. The molecule has 38 heavy (non-hydrogen) atoms. The maximum absolute atomic E-state index is 13.5. The molecule has 2 amide bonds. The number of nitrogens with one attached hydrogen (secondary N) is 1. The number of benzene rings is 2. The molecule has 0 spiro atoms. The summed E-state index contributed by atoms with van der Waals surface area (Å²) < 4.78 is 42.9. The molecule has 3 rings (SSSR count). The summed E-state index contributed by atoms with van der Waals surface area (Å²) >= 11 is 0. The highest BCUT2D eigenvalue weighted by atomic mass is 32.2. The molecule has 1 aliphatic heterocycles. The molecule has 11 heteroatoms. The van der Waals surface area contributed by atoms with E-state index in [4.69, 9.17) is 14.2 Å². The number of sulfonamides is 1.